The molecule has 1 heteroatoms. The average molecular weight is 375 g/mol. The van der Waals surface area contributed by atoms with Crippen LogP contribution in [0.5, 0.6) is 0 Å². The second-order valence-corrected chi connectivity index (χ2v) is 8.59. The van der Waals surface area contributed by atoms with Gasteiger partial charge in [-0.15, -0.1) is 11.3 Å². The van der Waals surface area contributed by atoms with Gasteiger partial charge in [0, 0.05) is 20.2 Å². The van der Waals surface area contributed by atoms with Gasteiger partial charge in [0.2, 0.25) is 0 Å². The predicted molar refractivity (Wildman–Crippen MR) is 125 cm³/mol. The quantitative estimate of drug-likeness (QED) is 0.271. The summed E-state index contributed by atoms with van der Waals surface area (Å²) in [7, 11) is 0. The lowest BCUT2D eigenvalue weighted by molar-refractivity contribution is 1.47. The van der Waals surface area contributed by atoms with E-state index in [9.17, 15) is 0 Å². The van der Waals surface area contributed by atoms with Crippen molar-refractivity contribution in [3.05, 3.63) is 96.6 Å². The van der Waals surface area contributed by atoms with E-state index in [0.717, 1.165) is 0 Å². The molecule has 0 bridgehead atoms. The van der Waals surface area contributed by atoms with E-state index in [1.165, 1.54) is 58.4 Å². The number of rotatable bonds is 1. The van der Waals surface area contributed by atoms with Crippen molar-refractivity contribution in [1.29, 1.82) is 0 Å². The van der Waals surface area contributed by atoms with Gasteiger partial charge in [0.15, 0.2) is 0 Å². The highest BCUT2D eigenvalue weighted by atomic mass is 32.1. The summed E-state index contributed by atoms with van der Waals surface area (Å²) < 4.78 is 2.72. The molecule has 0 atom stereocenters. The van der Waals surface area contributed by atoms with Crippen molar-refractivity contribution in [2.24, 2.45) is 0 Å². The molecule has 0 aliphatic rings. The summed E-state index contributed by atoms with van der Waals surface area (Å²) in [6, 6.07) is 33.5. The van der Waals surface area contributed by atoms with Crippen LogP contribution >= 0.6 is 11.3 Å². The van der Waals surface area contributed by atoms with Crippen LogP contribution in [0.15, 0.2) is 91.0 Å². The van der Waals surface area contributed by atoms with Gasteiger partial charge >= 0.3 is 0 Å². The van der Waals surface area contributed by atoms with Crippen molar-refractivity contribution in [3.63, 3.8) is 0 Å². The van der Waals surface area contributed by atoms with Gasteiger partial charge in [-0.2, -0.15) is 0 Å². The lowest BCUT2D eigenvalue weighted by Crippen LogP contribution is -1.82. The molecule has 6 rings (SSSR count). The molecule has 0 aliphatic carbocycles. The van der Waals surface area contributed by atoms with Gasteiger partial charge in [0.05, 0.1) is 0 Å². The highest BCUT2D eigenvalue weighted by molar-refractivity contribution is 7.26. The average Bonchev–Trinajstić information content (AvgIpc) is 3.10. The van der Waals surface area contributed by atoms with Gasteiger partial charge in [0.1, 0.15) is 0 Å². The van der Waals surface area contributed by atoms with Crippen molar-refractivity contribution in [2.75, 3.05) is 0 Å². The Bertz CT molecular complexity index is 1500. The van der Waals surface area contributed by atoms with E-state index in [1.54, 1.807) is 0 Å². The summed E-state index contributed by atoms with van der Waals surface area (Å²) in [6.07, 6.45) is 0. The number of aryl methyl sites for hydroxylation is 1. The summed E-state index contributed by atoms with van der Waals surface area (Å²) in [5.74, 6) is 0. The van der Waals surface area contributed by atoms with Crippen LogP contribution < -0.4 is 0 Å². The molecule has 0 amide bonds. The zero-order valence-electron chi connectivity index (χ0n) is 15.6. The van der Waals surface area contributed by atoms with Gasteiger partial charge in [0.25, 0.3) is 0 Å². The number of fused-ring (bicyclic) bond motifs is 6. The van der Waals surface area contributed by atoms with E-state index in [0.29, 0.717) is 0 Å². The van der Waals surface area contributed by atoms with Crippen LogP contribution in [0.25, 0.3) is 52.8 Å². The molecule has 0 radical (unpaired) electrons. The van der Waals surface area contributed by atoms with E-state index < -0.39 is 0 Å². The minimum atomic E-state index is 1.28. The summed E-state index contributed by atoms with van der Waals surface area (Å²) in [5, 5.41) is 8.04. The number of hydrogen-bond acceptors (Lipinski definition) is 1. The van der Waals surface area contributed by atoms with E-state index in [4.69, 9.17) is 0 Å². The Hall–Kier alpha value is -3.16. The zero-order chi connectivity index (χ0) is 18.7. The van der Waals surface area contributed by atoms with E-state index in [2.05, 4.69) is 97.9 Å². The Morgan fingerprint density at radius 2 is 1.39 bits per heavy atom. The molecule has 5 aromatic carbocycles. The normalized spacial score (nSPS) is 11.8. The highest BCUT2D eigenvalue weighted by Gasteiger charge is 2.12. The fourth-order valence-corrected chi connectivity index (χ4v) is 5.45. The van der Waals surface area contributed by atoms with Crippen LogP contribution in [-0.2, 0) is 0 Å². The van der Waals surface area contributed by atoms with Crippen molar-refractivity contribution in [2.45, 2.75) is 6.92 Å². The molecule has 0 N–H and O–H groups in total. The Kier molecular flexibility index (Phi) is 3.35. The summed E-state index contributed by atoms with van der Waals surface area (Å²) in [5.41, 5.74) is 3.88. The summed E-state index contributed by atoms with van der Waals surface area (Å²) >= 11 is 1.89. The molecule has 0 spiro atoms. The SMILES string of the molecule is Cc1ccc(-c2cccc3cc4sc5ccc6ccccc6c5c4cc23)cc1. The van der Waals surface area contributed by atoms with E-state index in [-0.39, 0.29) is 0 Å². The van der Waals surface area contributed by atoms with Crippen molar-refractivity contribution < 1.29 is 0 Å². The maximum absolute atomic E-state index is 2.41. The van der Waals surface area contributed by atoms with Crippen LogP contribution in [0.3, 0.4) is 0 Å². The number of benzene rings is 5. The fourth-order valence-electron chi connectivity index (χ4n) is 4.30. The molecule has 6 aromatic rings. The van der Waals surface area contributed by atoms with Gasteiger partial charge in [-0.1, -0.05) is 78.4 Å². The van der Waals surface area contributed by atoms with Gasteiger partial charge in [-0.3, -0.25) is 0 Å². The molecule has 0 fully saturated rings. The standard InChI is InChI=1S/C27H18S/c1-17-9-11-19(12-10-17)21-8-4-6-20-15-26-24(16-23(20)21)27-22-7-3-2-5-18(22)13-14-25(27)28-26/h2-16H,1H3. The molecular formula is C27H18S. The zero-order valence-corrected chi connectivity index (χ0v) is 16.4. The molecular weight excluding hydrogens is 356 g/mol. The van der Waals surface area contributed by atoms with Gasteiger partial charge < -0.3 is 0 Å². The molecule has 0 unspecified atom stereocenters. The van der Waals surface area contributed by atoms with Crippen LogP contribution in [-0.4, -0.2) is 0 Å². The topological polar surface area (TPSA) is 0 Å². The Labute approximate surface area is 167 Å². The molecule has 0 aliphatic heterocycles. The lowest BCUT2D eigenvalue weighted by atomic mass is 9.95. The van der Waals surface area contributed by atoms with Crippen LogP contribution in [0, 0.1) is 6.92 Å². The molecule has 1 aromatic heterocycles. The minimum Gasteiger partial charge on any atom is -0.135 e. The molecule has 28 heavy (non-hydrogen) atoms. The van der Waals surface area contributed by atoms with Crippen LogP contribution in [0.4, 0.5) is 0 Å². The smallest absolute Gasteiger partial charge is 0.0362 e. The summed E-state index contributed by atoms with van der Waals surface area (Å²) in [4.78, 5) is 0. The first-order valence-electron chi connectivity index (χ1n) is 9.62. The fraction of sp³-hybridized carbons (Fsp3) is 0.0370. The van der Waals surface area contributed by atoms with Crippen molar-refractivity contribution >= 4 is 53.1 Å². The minimum absolute atomic E-state index is 1.28. The molecule has 132 valence electrons. The Morgan fingerprint density at radius 3 is 2.29 bits per heavy atom. The largest absolute Gasteiger partial charge is 0.135 e. The predicted octanol–water partition coefficient (Wildman–Crippen LogP) is 8.34. The Morgan fingerprint density at radius 1 is 0.571 bits per heavy atom. The second kappa shape index (κ2) is 5.92. The molecule has 1 heterocycles. The summed E-state index contributed by atoms with van der Waals surface area (Å²) in [6.45, 7) is 2.14. The van der Waals surface area contributed by atoms with Crippen LogP contribution in [0.1, 0.15) is 5.56 Å². The maximum atomic E-state index is 2.41. The van der Waals surface area contributed by atoms with Crippen molar-refractivity contribution in [1.82, 2.24) is 0 Å². The molecule has 0 nitrogen and oxygen atoms in total. The highest BCUT2D eigenvalue weighted by Crippen LogP contribution is 2.41. The van der Waals surface area contributed by atoms with E-state index in [1.807, 2.05) is 11.3 Å². The third kappa shape index (κ3) is 2.30. The Balaban J connectivity index is 1.75. The van der Waals surface area contributed by atoms with Crippen LogP contribution in [0.2, 0.25) is 0 Å². The number of thiophene rings is 1. The second-order valence-electron chi connectivity index (χ2n) is 7.50. The third-order valence-electron chi connectivity index (χ3n) is 5.72. The van der Waals surface area contributed by atoms with Crippen molar-refractivity contribution in [3.8, 4) is 11.1 Å². The molecule has 0 saturated heterocycles. The van der Waals surface area contributed by atoms with E-state index >= 15 is 0 Å². The molecule has 0 saturated carbocycles. The first kappa shape index (κ1) is 15.9. The maximum Gasteiger partial charge on any atom is 0.0362 e. The number of hydrogen-bond donors (Lipinski definition) is 0. The first-order chi connectivity index (χ1) is 13.8. The monoisotopic (exact) mass is 374 g/mol. The van der Waals surface area contributed by atoms with Gasteiger partial charge in [-0.05, 0) is 57.8 Å². The third-order valence-corrected chi connectivity index (χ3v) is 6.84. The lowest BCUT2D eigenvalue weighted by Gasteiger charge is -2.08. The van der Waals surface area contributed by atoms with Gasteiger partial charge in [-0.25, -0.2) is 0 Å². The first-order valence-corrected chi connectivity index (χ1v) is 10.4.